The van der Waals surface area contributed by atoms with Crippen LogP contribution in [0.25, 0.3) is 22.5 Å². The van der Waals surface area contributed by atoms with E-state index in [0.717, 1.165) is 16.7 Å². The summed E-state index contributed by atoms with van der Waals surface area (Å²) in [6.45, 7) is 6.48. The van der Waals surface area contributed by atoms with Crippen LogP contribution in [0.3, 0.4) is 0 Å². The number of sulfone groups is 2. The third-order valence-electron chi connectivity index (χ3n) is 10.1. The number of nitrogens with zero attached hydrogens (tertiary/aromatic N) is 4. The third-order valence-corrected chi connectivity index (χ3v) is 21.4. The molecule has 1 unspecified atom stereocenters. The van der Waals surface area contributed by atoms with Gasteiger partial charge >= 0.3 is 0 Å². The number of benzene rings is 4. The van der Waals surface area contributed by atoms with Crippen molar-refractivity contribution in [1.29, 1.82) is 0 Å². The van der Waals surface area contributed by atoms with Crippen LogP contribution < -0.4 is 22.1 Å². The van der Waals surface area contributed by atoms with Crippen LogP contribution in [0.1, 0.15) is 45.4 Å². The second-order valence-electron chi connectivity index (χ2n) is 15.8. The number of aromatic nitrogens is 4. The molecule has 20 heteroatoms. The molecule has 6 aromatic rings. The molecule has 6 rings (SSSR count). The van der Waals surface area contributed by atoms with Gasteiger partial charge in [-0.15, -0.1) is 0 Å². The summed E-state index contributed by atoms with van der Waals surface area (Å²) in [6.07, 6.45) is 4.32. The van der Waals surface area contributed by atoms with Gasteiger partial charge in [0.1, 0.15) is 18.1 Å². The van der Waals surface area contributed by atoms with E-state index in [1.54, 1.807) is 19.1 Å². The highest BCUT2D eigenvalue weighted by Gasteiger charge is 2.29. The van der Waals surface area contributed by atoms with Gasteiger partial charge < -0.3 is 31.2 Å². The Kier molecular flexibility index (Phi) is 14.3. The fourth-order valence-corrected chi connectivity index (χ4v) is 16.9. The standard InChI is InChI=1S/C44H48N8O8P2S2/c1-5-62(56,28-64(59,60)36-22-18-34(19-23-36)50-43(53)39-41(45)47-25-37(51-39)31-12-8-29(2)9-13-31)24-6-7-30-10-14-32(15-11-30)38-26-48-42(46)40(52-38)44(54)49-33-16-20-35(21-17-33)63(57,58)27-61(3,4)55/h8-23,25-26H,5-7,24,27-28H2,1-4H3,(H2,45,47)(H2,46,48)(H,49,54)(H,50,53). The van der Waals surface area contributed by atoms with Gasteiger partial charge in [0.25, 0.3) is 11.8 Å². The molecule has 2 amide bonds. The van der Waals surface area contributed by atoms with Gasteiger partial charge in [0, 0.05) is 28.7 Å². The predicted octanol–water partition coefficient (Wildman–Crippen LogP) is 7.68. The molecule has 0 fully saturated rings. The Morgan fingerprint density at radius 3 is 1.47 bits per heavy atom. The molecule has 64 heavy (non-hydrogen) atoms. The monoisotopic (exact) mass is 942 g/mol. The predicted molar refractivity (Wildman–Crippen MR) is 252 cm³/mol. The van der Waals surface area contributed by atoms with Crippen molar-refractivity contribution >= 4 is 68.8 Å². The van der Waals surface area contributed by atoms with Crippen molar-refractivity contribution in [3.05, 3.63) is 132 Å². The topological polar surface area (TPSA) is 264 Å². The zero-order chi connectivity index (χ0) is 46.5. The van der Waals surface area contributed by atoms with Crippen LogP contribution >= 0.6 is 14.3 Å². The molecule has 0 aliphatic heterocycles. The van der Waals surface area contributed by atoms with Crippen LogP contribution in [0.15, 0.2) is 119 Å². The lowest BCUT2D eigenvalue weighted by molar-refractivity contribution is 0.101. The molecule has 6 N–H and O–H groups in total. The lowest BCUT2D eigenvalue weighted by atomic mass is 10.1. The Bertz CT molecular complexity index is 3020. The zero-order valence-corrected chi connectivity index (χ0v) is 39.0. The van der Waals surface area contributed by atoms with Crippen molar-refractivity contribution in [2.45, 2.75) is 36.5 Å². The molecule has 0 saturated carbocycles. The van der Waals surface area contributed by atoms with Crippen LogP contribution in [-0.4, -0.2) is 85.2 Å². The second-order valence-corrected chi connectivity index (χ2v) is 27.6. The molecular formula is C44H48N8O8P2S2. The molecule has 0 spiro atoms. The minimum Gasteiger partial charge on any atom is -0.382 e. The summed E-state index contributed by atoms with van der Waals surface area (Å²) >= 11 is 0. The Labute approximate surface area is 372 Å². The number of nitrogens with two attached hydrogens (primary N) is 2. The summed E-state index contributed by atoms with van der Waals surface area (Å²) < 4.78 is 78.2. The van der Waals surface area contributed by atoms with E-state index < -0.39 is 56.8 Å². The zero-order valence-electron chi connectivity index (χ0n) is 35.6. The Morgan fingerprint density at radius 2 is 1.05 bits per heavy atom. The average molecular weight is 943 g/mol. The van der Waals surface area contributed by atoms with Crippen molar-refractivity contribution in [2.75, 3.05) is 58.7 Å². The first-order chi connectivity index (χ1) is 30.1. The van der Waals surface area contributed by atoms with Crippen LogP contribution in [0.2, 0.25) is 0 Å². The fourth-order valence-electron chi connectivity index (χ4n) is 6.60. The van der Waals surface area contributed by atoms with E-state index in [-0.39, 0.29) is 50.8 Å². The fraction of sp³-hybridized carbons (Fsp3) is 0.227. The largest absolute Gasteiger partial charge is 0.382 e. The molecule has 2 aromatic heterocycles. The number of hydrogen-bond donors (Lipinski definition) is 4. The highest BCUT2D eigenvalue weighted by molar-refractivity contribution is 7.99. The lowest BCUT2D eigenvalue weighted by Crippen LogP contribution is -2.17. The number of anilines is 4. The Balaban J connectivity index is 1.03. The summed E-state index contributed by atoms with van der Waals surface area (Å²) in [4.78, 5) is 43.3. The molecule has 0 radical (unpaired) electrons. The van der Waals surface area contributed by atoms with Crippen molar-refractivity contribution in [3.63, 3.8) is 0 Å². The van der Waals surface area contributed by atoms with Gasteiger partial charge in [-0.3, -0.25) is 9.59 Å². The van der Waals surface area contributed by atoms with Gasteiger partial charge in [-0.2, -0.15) is 0 Å². The number of rotatable bonds is 17. The van der Waals surface area contributed by atoms with E-state index in [0.29, 0.717) is 35.5 Å². The summed E-state index contributed by atoms with van der Waals surface area (Å²) in [5.41, 5.74) is 15.6. The Morgan fingerprint density at radius 1 is 0.625 bits per heavy atom. The maximum Gasteiger partial charge on any atom is 0.278 e. The normalized spacial score (nSPS) is 12.9. The SMILES string of the molecule is CCP(=O)(CCCc1ccc(-c2cnc(N)c(C(=O)Nc3ccc(S(=O)(=O)CP(C)(C)=O)cc3)n2)cc1)CS(=O)(=O)c1ccc(NC(=O)c2nc(-c3ccc(C)cc3)cnc2N)cc1. The van der Waals surface area contributed by atoms with Crippen molar-refractivity contribution in [2.24, 2.45) is 0 Å². The van der Waals surface area contributed by atoms with Gasteiger partial charge in [-0.25, -0.2) is 36.8 Å². The second kappa shape index (κ2) is 19.4. The van der Waals surface area contributed by atoms with Gasteiger partial charge in [0.15, 0.2) is 42.7 Å². The molecule has 0 aliphatic carbocycles. The molecular weight excluding hydrogens is 895 g/mol. The van der Waals surface area contributed by atoms with Crippen LogP contribution in [-0.2, 0) is 35.2 Å². The van der Waals surface area contributed by atoms with Crippen molar-refractivity contribution in [1.82, 2.24) is 19.9 Å². The van der Waals surface area contributed by atoms with Crippen LogP contribution in [0, 0.1) is 6.92 Å². The van der Waals surface area contributed by atoms with Gasteiger partial charge in [0.05, 0.1) is 40.7 Å². The summed E-state index contributed by atoms with van der Waals surface area (Å²) in [5.74, 6) is -1.45. The number of carbonyl (C=O) groups excluding carboxylic acids is 2. The Hall–Kier alpha value is -6.06. The third kappa shape index (κ3) is 12.1. The molecule has 1 atom stereocenters. The highest BCUT2D eigenvalue weighted by atomic mass is 32.2. The van der Waals surface area contributed by atoms with E-state index in [9.17, 15) is 35.6 Å². The van der Waals surface area contributed by atoms with E-state index in [4.69, 9.17) is 11.5 Å². The smallest absolute Gasteiger partial charge is 0.278 e. The number of nitrogen functional groups attached to an aromatic ring is 2. The molecule has 16 nitrogen and oxygen atoms in total. The first kappa shape index (κ1) is 47.4. The number of nitrogens with one attached hydrogen (secondary N) is 2. The highest BCUT2D eigenvalue weighted by Crippen LogP contribution is 2.48. The molecule has 0 saturated heterocycles. The molecule has 4 aromatic carbocycles. The van der Waals surface area contributed by atoms with E-state index in [1.165, 1.54) is 74.3 Å². The summed E-state index contributed by atoms with van der Waals surface area (Å²) in [5, 5.41) is 5.33. The van der Waals surface area contributed by atoms with Crippen molar-refractivity contribution < 1.29 is 35.6 Å². The van der Waals surface area contributed by atoms with Gasteiger partial charge in [-0.1, -0.05) is 61.0 Å². The van der Waals surface area contributed by atoms with E-state index in [1.807, 2.05) is 43.3 Å². The van der Waals surface area contributed by atoms with E-state index >= 15 is 0 Å². The van der Waals surface area contributed by atoms with Crippen molar-refractivity contribution in [3.8, 4) is 22.5 Å². The minimum absolute atomic E-state index is 0.0178. The average Bonchev–Trinajstić information content (AvgIpc) is 3.24. The van der Waals surface area contributed by atoms with Gasteiger partial charge in [-0.05, 0) is 93.4 Å². The number of hydrogen-bond acceptors (Lipinski definition) is 14. The molecule has 334 valence electrons. The number of amides is 2. The van der Waals surface area contributed by atoms with E-state index in [2.05, 4.69) is 30.6 Å². The van der Waals surface area contributed by atoms with Gasteiger partial charge in [0.2, 0.25) is 0 Å². The molecule has 2 heterocycles. The lowest BCUT2D eigenvalue weighted by Gasteiger charge is -2.17. The quantitative estimate of drug-likeness (QED) is 0.0639. The summed E-state index contributed by atoms with van der Waals surface area (Å²) in [6, 6.07) is 26.0. The maximum atomic E-state index is 13.9. The van der Waals surface area contributed by atoms with Crippen LogP contribution in [0.4, 0.5) is 23.0 Å². The maximum absolute atomic E-state index is 13.9. The molecule has 0 bridgehead atoms. The first-order valence-electron chi connectivity index (χ1n) is 19.9. The first-order valence-corrected chi connectivity index (χ1v) is 28.3. The number of carbonyl (C=O) groups is 2. The summed E-state index contributed by atoms with van der Waals surface area (Å²) in [7, 11) is -13.7. The number of aryl methyl sites for hydroxylation is 2. The van der Waals surface area contributed by atoms with Crippen LogP contribution in [0.5, 0.6) is 0 Å². The molecule has 0 aliphatic rings. The minimum atomic E-state index is -3.95.